The van der Waals surface area contributed by atoms with E-state index in [9.17, 15) is 0 Å². The topological polar surface area (TPSA) is 9.23 Å². The minimum atomic E-state index is 0.975. The highest BCUT2D eigenvalue weighted by Crippen LogP contribution is 2.32. The van der Waals surface area contributed by atoms with Gasteiger partial charge in [-0.15, -0.1) is 11.8 Å². The summed E-state index contributed by atoms with van der Waals surface area (Å²) in [6.45, 7) is 6.52. The standard InChI is InChI=1S/C16H18OS.C4H10/c1-4-12-11-13(9-10-15(12)17-2)14-7-5-6-8-16(14)18-3;1-3-4-2/h5-11H,4H2,1-3H3;3-4H2,1-2H3. The van der Waals surface area contributed by atoms with Gasteiger partial charge < -0.3 is 4.74 Å². The lowest BCUT2D eigenvalue weighted by Crippen LogP contribution is -1.91. The third-order valence-corrected chi connectivity index (χ3v) is 4.38. The van der Waals surface area contributed by atoms with Crippen LogP contribution in [0.3, 0.4) is 0 Å². The van der Waals surface area contributed by atoms with E-state index in [0.717, 1.165) is 12.2 Å². The van der Waals surface area contributed by atoms with Crippen LogP contribution >= 0.6 is 11.8 Å². The molecule has 2 rings (SSSR count). The number of hydrogen-bond donors (Lipinski definition) is 0. The van der Waals surface area contributed by atoms with Crippen LogP contribution in [0.15, 0.2) is 47.4 Å². The van der Waals surface area contributed by atoms with Crippen molar-refractivity contribution in [3.05, 3.63) is 48.0 Å². The predicted octanol–water partition coefficient (Wildman–Crippen LogP) is 6.45. The molecule has 2 aromatic carbocycles. The van der Waals surface area contributed by atoms with Crippen LogP contribution in [0.4, 0.5) is 0 Å². The maximum atomic E-state index is 5.38. The summed E-state index contributed by atoms with van der Waals surface area (Å²) in [6.07, 6.45) is 5.74. The Morgan fingerprint density at radius 3 is 2.18 bits per heavy atom. The lowest BCUT2D eigenvalue weighted by atomic mass is 10.0. The molecule has 0 radical (unpaired) electrons. The Morgan fingerprint density at radius 1 is 0.955 bits per heavy atom. The molecule has 0 fully saturated rings. The SMILES string of the molecule is CCCC.CCc1cc(-c2ccccc2SC)ccc1OC. The van der Waals surface area contributed by atoms with Crippen LogP contribution in [-0.2, 0) is 6.42 Å². The van der Waals surface area contributed by atoms with Crippen LogP contribution in [0, 0.1) is 0 Å². The van der Waals surface area contributed by atoms with Crippen molar-refractivity contribution in [2.75, 3.05) is 13.4 Å². The predicted molar refractivity (Wildman–Crippen MR) is 100 cm³/mol. The van der Waals surface area contributed by atoms with Gasteiger partial charge in [-0.1, -0.05) is 57.9 Å². The first-order valence-electron chi connectivity index (χ1n) is 8.02. The molecule has 0 heterocycles. The van der Waals surface area contributed by atoms with Gasteiger partial charge in [-0.05, 0) is 47.6 Å². The molecular weight excluding hydrogens is 288 g/mol. The van der Waals surface area contributed by atoms with Gasteiger partial charge in [0.1, 0.15) is 5.75 Å². The van der Waals surface area contributed by atoms with E-state index >= 15 is 0 Å². The number of thioether (sulfide) groups is 1. The second-order valence-electron chi connectivity index (χ2n) is 5.08. The smallest absolute Gasteiger partial charge is 0.122 e. The Labute approximate surface area is 140 Å². The minimum Gasteiger partial charge on any atom is -0.496 e. The summed E-state index contributed by atoms with van der Waals surface area (Å²) in [7, 11) is 1.73. The molecule has 22 heavy (non-hydrogen) atoms. The third kappa shape index (κ3) is 5.10. The lowest BCUT2D eigenvalue weighted by Gasteiger charge is -2.11. The zero-order chi connectivity index (χ0) is 16.4. The molecule has 0 aliphatic rings. The third-order valence-electron chi connectivity index (χ3n) is 3.58. The van der Waals surface area contributed by atoms with E-state index in [1.165, 1.54) is 34.4 Å². The first-order valence-corrected chi connectivity index (χ1v) is 9.24. The maximum Gasteiger partial charge on any atom is 0.122 e. The Bertz CT molecular complexity index is 561. The van der Waals surface area contributed by atoms with Crippen LogP contribution in [0.2, 0.25) is 0 Å². The molecule has 0 aromatic heterocycles. The van der Waals surface area contributed by atoms with Crippen molar-refractivity contribution in [1.29, 1.82) is 0 Å². The zero-order valence-corrected chi connectivity index (χ0v) is 15.3. The number of rotatable bonds is 5. The van der Waals surface area contributed by atoms with E-state index in [1.807, 2.05) is 0 Å². The van der Waals surface area contributed by atoms with Crippen molar-refractivity contribution in [3.8, 4) is 16.9 Å². The summed E-state index contributed by atoms with van der Waals surface area (Å²) in [6, 6.07) is 14.9. The summed E-state index contributed by atoms with van der Waals surface area (Å²) < 4.78 is 5.38. The maximum absolute atomic E-state index is 5.38. The number of unbranched alkanes of at least 4 members (excludes halogenated alkanes) is 1. The molecule has 120 valence electrons. The van der Waals surface area contributed by atoms with E-state index in [0.29, 0.717) is 0 Å². The first kappa shape index (κ1) is 18.6. The quantitative estimate of drug-likeness (QED) is 0.586. The van der Waals surface area contributed by atoms with Gasteiger partial charge >= 0.3 is 0 Å². The summed E-state index contributed by atoms with van der Waals surface area (Å²) in [5.74, 6) is 0.975. The van der Waals surface area contributed by atoms with Gasteiger partial charge in [0.25, 0.3) is 0 Å². The summed E-state index contributed by atoms with van der Waals surface area (Å²) in [5.41, 5.74) is 3.81. The number of aryl methyl sites for hydroxylation is 1. The van der Waals surface area contributed by atoms with Crippen molar-refractivity contribution >= 4 is 11.8 Å². The molecular formula is C20H28OS. The van der Waals surface area contributed by atoms with Gasteiger partial charge in [0.15, 0.2) is 0 Å². The van der Waals surface area contributed by atoms with E-state index in [1.54, 1.807) is 18.9 Å². The normalized spacial score (nSPS) is 9.86. The van der Waals surface area contributed by atoms with Gasteiger partial charge in [0.05, 0.1) is 7.11 Å². The highest BCUT2D eigenvalue weighted by atomic mass is 32.2. The van der Waals surface area contributed by atoms with Gasteiger partial charge in [0, 0.05) is 4.90 Å². The van der Waals surface area contributed by atoms with Crippen molar-refractivity contribution in [1.82, 2.24) is 0 Å². The summed E-state index contributed by atoms with van der Waals surface area (Å²) >= 11 is 1.78. The van der Waals surface area contributed by atoms with Crippen molar-refractivity contribution < 1.29 is 4.74 Å². The van der Waals surface area contributed by atoms with E-state index in [2.05, 4.69) is 69.5 Å². The molecule has 0 unspecified atom stereocenters. The fraction of sp³-hybridized carbons (Fsp3) is 0.400. The molecule has 2 heteroatoms. The van der Waals surface area contributed by atoms with Crippen LogP contribution in [-0.4, -0.2) is 13.4 Å². The molecule has 0 atom stereocenters. The fourth-order valence-electron chi connectivity index (χ4n) is 2.11. The molecule has 2 aromatic rings. The number of hydrogen-bond acceptors (Lipinski definition) is 2. The summed E-state index contributed by atoms with van der Waals surface area (Å²) in [4.78, 5) is 1.31. The lowest BCUT2D eigenvalue weighted by molar-refractivity contribution is 0.410. The molecule has 0 aliphatic carbocycles. The average molecular weight is 317 g/mol. The molecule has 0 amide bonds. The second kappa shape index (κ2) is 10.3. The van der Waals surface area contributed by atoms with E-state index < -0.39 is 0 Å². The van der Waals surface area contributed by atoms with Crippen LogP contribution < -0.4 is 4.74 Å². The molecule has 1 nitrogen and oxygen atoms in total. The van der Waals surface area contributed by atoms with Gasteiger partial charge in [-0.3, -0.25) is 0 Å². The Kier molecular flexibility index (Phi) is 8.76. The van der Waals surface area contributed by atoms with E-state index in [-0.39, 0.29) is 0 Å². The summed E-state index contributed by atoms with van der Waals surface area (Å²) in [5, 5.41) is 0. The first-order chi connectivity index (χ1) is 10.7. The fourth-order valence-corrected chi connectivity index (χ4v) is 2.73. The minimum absolute atomic E-state index is 0.975. The largest absolute Gasteiger partial charge is 0.496 e. The van der Waals surface area contributed by atoms with E-state index in [4.69, 9.17) is 4.74 Å². The Morgan fingerprint density at radius 2 is 1.64 bits per heavy atom. The molecule has 0 N–H and O–H groups in total. The highest BCUT2D eigenvalue weighted by Gasteiger charge is 2.07. The molecule has 0 saturated heterocycles. The zero-order valence-electron chi connectivity index (χ0n) is 14.5. The van der Waals surface area contributed by atoms with Gasteiger partial charge in [-0.25, -0.2) is 0 Å². The van der Waals surface area contributed by atoms with Crippen molar-refractivity contribution in [2.45, 2.75) is 44.9 Å². The second-order valence-corrected chi connectivity index (χ2v) is 5.93. The van der Waals surface area contributed by atoms with Crippen molar-refractivity contribution in [3.63, 3.8) is 0 Å². The number of ether oxygens (including phenoxy) is 1. The Hall–Kier alpha value is -1.41. The van der Waals surface area contributed by atoms with Gasteiger partial charge in [0.2, 0.25) is 0 Å². The average Bonchev–Trinajstić information content (AvgIpc) is 2.61. The molecule has 0 spiro atoms. The molecule has 0 aliphatic heterocycles. The van der Waals surface area contributed by atoms with Crippen LogP contribution in [0.5, 0.6) is 5.75 Å². The van der Waals surface area contributed by atoms with Gasteiger partial charge in [-0.2, -0.15) is 0 Å². The number of methoxy groups -OCH3 is 1. The Balaban J connectivity index is 0.000000541. The van der Waals surface area contributed by atoms with Crippen LogP contribution in [0.1, 0.15) is 39.2 Å². The highest BCUT2D eigenvalue weighted by molar-refractivity contribution is 7.98. The monoisotopic (exact) mass is 316 g/mol. The number of benzene rings is 2. The molecule has 0 saturated carbocycles. The molecule has 0 bridgehead atoms. The van der Waals surface area contributed by atoms with Crippen LogP contribution in [0.25, 0.3) is 11.1 Å². The van der Waals surface area contributed by atoms with Crippen molar-refractivity contribution in [2.24, 2.45) is 0 Å².